The lowest BCUT2D eigenvalue weighted by molar-refractivity contribution is -0.138. The van der Waals surface area contributed by atoms with Crippen LogP contribution in [0.3, 0.4) is 0 Å². The molecule has 0 spiro atoms. The second kappa shape index (κ2) is 7.48. The average Bonchev–Trinajstić information content (AvgIpc) is 2.56. The van der Waals surface area contributed by atoms with E-state index < -0.39 is 45.4 Å². The van der Waals surface area contributed by atoms with Crippen LogP contribution in [0.25, 0.3) is 0 Å². The van der Waals surface area contributed by atoms with Gasteiger partial charge in [0.1, 0.15) is 6.10 Å². The Hall–Kier alpha value is -2.34. The van der Waals surface area contributed by atoms with E-state index >= 15 is 0 Å². The SMILES string of the molecule is O=S(=O)(Cc1ccc(C(F)(F)F)cc1)N1CC(Oc2cc(C(F)(F)F)ccn2)C1. The molecule has 1 aliphatic heterocycles. The Labute approximate surface area is 162 Å². The topological polar surface area (TPSA) is 59.5 Å². The standard InChI is InChI=1S/C17H14F6N2O3S/c18-16(19,20)12-3-1-11(2-4-12)10-29(26,27)25-8-14(9-25)28-15-7-13(5-6-24-15)17(21,22)23/h1-7,14H,8-10H2. The highest BCUT2D eigenvalue weighted by Gasteiger charge is 2.38. The van der Waals surface area contributed by atoms with Gasteiger partial charge >= 0.3 is 12.4 Å². The monoisotopic (exact) mass is 440 g/mol. The fourth-order valence-corrected chi connectivity index (χ4v) is 4.20. The number of hydrogen-bond donors (Lipinski definition) is 0. The number of halogens is 6. The van der Waals surface area contributed by atoms with Crippen LogP contribution in [0.15, 0.2) is 42.6 Å². The Morgan fingerprint density at radius 3 is 2.10 bits per heavy atom. The molecule has 0 radical (unpaired) electrons. The van der Waals surface area contributed by atoms with Crippen molar-refractivity contribution in [2.75, 3.05) is 13.1 Å². The molecule has 0 bridgehead atoms. The molecule has 1 saturated heterocycles. The second-order valence-electron chi connectivity index (χ2n) is 6.39. The van der Waals surface area contributed by atoms with Crippen LogP contribution in [0.5, 0.6) is 5.88 Å². The zero-order valence-corrected chi connectivity index (χ0v) is 15.4. The Morgan fingerprint density at radius 1 is 0.966 bits per heavy atom. The van der Waals surface area contributed by atoms with Gasteiger partial charge in [0.05, 0.1) is 30.0 Å². The number of rotatable bonds is 5. The maximum Gasteiger partial charge on any atom is 0.416 e. The molecule has 12 heteroatoms. The van der Waals surface area contributed by atoms with Gasteiger partial charge in [-0.1, -0.05) is 12.1 Å². The molecule has 0 atom stereocenters. The fraction of sp³-hybridized carbons (Fsp3) is 0.353. The van der Waals surface area contributed by atoms with Gasteiger partial charge in [0, 0.05) is 12.3 Å². The first-order valence-electron chi connectivity index (χ1n) is 8.18. The molecular weight excluding hydrogens is 426 g/mol. The Balaban J connectivity index is 1.57. The van der Waals surface area contributed by atoms with E-state index in [1.54, 1.807) is 0 Å². The van der Waals surface area contributed by atoms with Crippen molar-refractivity contribution in [2.45, 2.75) is 24.2 Å². The summed E-state index contributed by atoms with van der Waals surface area (Å²) in [7, 11) is -3.81. The minimum atomic E-state index is -4.56. The lowest BCUT2D eigenvalue weighted by atomic mass is 10.1. The number of aromatic nitrogens is 1. The van der Waals surface area contributed by atoms with Crippen LogP contribution in [0.4, 0.5) is 26.3 Å². The number of nitrogens with zero attached hydrogens (tertiary/aromatic N) is 2. The van der Waals surface area contributed by atoms with Crippen molar-refractivity contribution < 1.29 is 39.5 Å². The van der Waals surface area contributed by atoms with Gasteiger partial charge < -0.3 is 4.74 Å². The van der Waals surface area contributed by atoms with Crippen LogP contribution >= 0.6 is 0 Å². The highest BCUT2D eigenvalue weighted by molar-refractivity contribution is 7.88. The van der Waals surface area contributed by atoms with E-state index in [2.05, 4.69) is 4.98 Å². The minimum absolute atomic E-state index is 0.0963. The van der Waals surface area contributed by atoms with E-state index in [9.17, 15) is 34.8 Å². The number of ether oxygens (including phenoxy) is 1. The normalized spacial score (nSPS) is 16.5. The van der Waals surface area contributed by atoms with Gasteiger partial charge in [-0.05, 0) is 23.8 Å². The third-order valence-electron chi connectivity index (χ3n) is 4.19. The van der Waals surface area contributed by atoms with Crippen molar-refractivity contribution in [1.82, 2.24) is 9.29 Å². The van der Waals surface area contributed by atoms with E-state index in [1.165, 1.54) is 0 Å². The van der Waals surface area contributed by atoms with Crippen molar-refractivity contribution in [3.63, 3.8) is 0 Å². The van der Waals surface area contributed by atoms with Crippen LogP contribution in [-0.4, -0.2) is 36.9 Å². The molecule has 1 aromatic carbocycles. The van der Waals surface area contributed by atoms with Crippen molar-refractivity contribution in [2.24, 2.45) is 0 Å². The van der Waals surface area contributed by atoms with Gasteiger partial charge in [0.15, 0.2) is 0 Å². The zero-order valence-electron chi connectivity index (χ0n) is 14.5. The van der Waals surface area contributed by atoms with Crippen molar-refractivity contribution in [1.29, 1.82) is 0 Å². The second-order valence-corrected chi connectivity index (χ2v) is 8.36. The molecule has 0 amide bonds. The Morgan fingerprint density at radius 2 is 1.55 bits per heavy atom. The zero-order chi connectivity index (χ0) is 21.4. The Kier molecular flexibility index (Phi) is 5.52. The summed E-state index contributed by atoms with van der Waals surface area (Å²) in [5.41, 5.74) is -1.64. The summed E-state index contributed by atoms with van der Waals surface area (Å²) >= 11 is 0. The van der Waals surface area contributed by atoms with Crippen LogP contribution in [0, 0.1) is 0 Å². The van der Waals surface area contributed by atoms with E-state index in [4.69, 9.17) is 4.74 Å². The number of benzene rings is 1. The quantitative estimate of drug-likeness (QED) is 0.666. The predicted octanol–water partition coefficient (Wildman–Crippen LogP) is 3.71. The highest BCUT2D eigenvalue weighted by atomic mass is 32.2. The van der Waals surface area contributed by atoms with Gasteiger partial charge in [0.25, 0.3) is 0 Å². The molecule has 158 valence electrons. The third-order valence-corrected chi connectivity index (χ3v) is 5.97. The Bertz CT molecular complexity index is 968. The van der Waals surface area contributed by atoms with Crippen LogP contribution in [0.2, 0.25) is 0 Å². The average molecular weight is 440 g/mol. The maximum absolute atomic E-state index is 12.7. The summed E-state index contributed by atoms with van der Waals surface area (Å²) in [6, 6.07) is 5.27. The van der Waals surface area contributed by atoms with E-state index in [1.807, 2.05) is 0 Å². The van der Waals surface area contributed by atoms with Crippen molar-refractivity contribution in [3.8, 4) is 5.88 Å². The first kappa shape index (κ1) is 21.4. The summed E-state index contributed by atoms with van der Waals surface area (Å²) < 4.78 is 107. The molecule has 1 fully saturated rings. The largest absolute Gasteiger partial charge is 0.472 e. The van der Waals surface area contributed by atoms with Gasteiger partial charge in [0.2, 0.25) is 15.9 Å². The van der Waals surface area contributed by atoms with Crippen molar-refractivity contribution in [3.05, 3.63) is 59.3 Å². The molecule has 1 aromatic heterocycles. The molecule has 29 heavy (non-hydrogen) atoms. The summed E-state index contributed by atoms with van der Waals surface area (Å²) in [6.45, 7) is -0.193. The van der Waals surface area contributed by atoms with Crippen LogP contribution in [0.1, 0.15) is 16.7 Å². The number of pyridine rings is 1. The van der Waals surface area contributed by atoms with Gasteiger partial charge in [-0.15, -0.1) is 0 Å². The number of alkyl halides is 6. The maximum atomic E-state index is 12.7. The molecule has 5 nitrogen and oxygen atoms in total. The van der Waals surface area contributed by atoms with Gasteiger partial charge in [-0.25, -0.2) is 13.4 Å². The van der Waals surface area contributed by atoms with E-state index in [0.717, 1.165) is 46.9 Å². The number of sulfonamides is 1. The first-order chi connectivity index (χ1) is 13.3. The number of hydrogen-bond acceptors (Lipinski definition) is 4. The lowest BCUT2D eigenvalue weighted by Crippen LogP contribution is -2.56. The summed E-state index contributed by atoms with van der Waals surface area (Å²) in [4.78, 5) is 3.68. The molecule has 1 aliphatic rings. The van der Waals surface area contributed by atoms with Gasteiger partial charge in [-0.3, -0.25) is 0 Å². The molecule has 3 rings (SSSR count). The molecule has 0 saturated carbocycles. The van der Waals surface area contributed by atoms with E-state index in [-0.39, 0.29) is 24.5 Å². The molecule has 2 heterocycles. The van der Waals surface area contributed by atoms with Crippen molar-refractivity contribution >= 4 is 10.0 Å². The summed E-state index contributed by atoms with van der Waals surface area (Å²) in [6.07, 6.45) is -8.81. The molecule has 0 N–H and O–H groups in total. The first-order valence-corrected chi connectivity index (χ1v) is 9.79. The smallest absolute Gasteiger partial charge is 0.416 e. The molecular formula is C17H14F6N2O3S. The minimum Gasteiger partial charge on any atom is -0.472 e. The summed E-state index contributed by atoms with van der Waals surface area (Å²) in [5.74, 6) is -0.774. The third kappa shape index (κ3) is 5.18. The van der Waals surface area contributed by atoms with E-state index in [0.29, 0.717) is 0 Å². The highest BCUT2D eigenvalue weighted by Crippen LogP contribution is 2.32. The predicted molar refractivity (Wildman–Crippen MR) is 89.3 cm³/mol. The van der Waals surface area contributed by atoms with Crippen LogP contribution in [-0.2, 0) is 28.1 Å². The molecule has 0 aliphatic carbocycles. The molecule has 0 unspecified atom stereocenters. The summed E-state index contributed by atoms with van der Waals surface area (Å²) in [5, 5.41) is 0. The van der Waals surface area contributed by atoms with Crippen LogP contribution < -0.4 is 4.74 Å². The lowest BCUT2D eigenvalue weighted by Gasteiger charge is -2.37. The van der Waals surface area contributed by atoms with Gasteiger partial charge in [-0.2, -0.15) is 30.6 Å². The molecule has 2 aromatic rings. The fourth-order valence-electron chi connectivity index (χ4n) is 2.62.